The molecule has 2 N–H and O–H groups in total. The van der Waals surface area contributed by atoms with Crippen LogP contribution in [0.25, 0.3) is 0 Å². The molecule has 1 fully saturated rings. The molecule has 1 aromatic heterocycles. The van der Waals surface area contributed by atoms with Crippen LogP contribution in [0.3, 0.4) is 0 Å². The van der Waals surface area contributed by atoms with Crippen molar-refractivity contribution in [3.63, 3.8) is 0 Å². The first-order chi connectivity index (χ1) is 8.10. The standard InChI is InChI=1S/C12H17F2N3/c1-3-15-11-9(13)6-10(14)12(17-11)16-8-4-7(2)5-8/h6-8H,3-5H2,1-2H3,(H2,15,16,17). The van der Waals surface area contributed by atoms with Crippen LogP contribution in [0.15, 0.2) is 6.07 Å². The van der Waals surface area contributed by atoms with E-state index in [-0.39, 0.29) is 17.7 Å². The average Bonchev–Trinajstić information content (AvgIpc) is 2.22. The van der Waals surface area contributed by atoms with Crippen LogP contribution in [-0.4, -0.2) is 17.6 Å². The molecule has 3 nitrogen and oxygen atoms in total. The van der Waals surface area contributed by atoms with Gasteiger partial charge in [-0.1, -0.05) is 6.92 Å². The number of rotatable bonds is 4. The van der Waals surface area contributed by atoms with E-state index < -0.39 is 11.6 Å². The molecule has 0 radical (unpaired) electrons. The maximum Gasteiger partial charge on any atom is 0.168 e. The number of hydrogen-bond acceptors (Lipinski definition) is 3. The lowest BCUT2D eigenvalue weighted by atomic mass is 9.82. The zero-order valence-corrected chi connectivity index (χ0v) is 10.1. The lowest BCUT2D eigenvalue weighted by Gasteiger charge is -2.33. The van der Waals surface area contributed by atoms with E-state index >= 15 is 0 Å². The van der Waals surface area contributed by atoms with Crippen molar-refractivity contribution < 1.29 is 8.78 Å². The normalized spacial score (nSPS) is 23.1. The van der Waals surface area contributed by atoms with E-state index in [0.29, 0.717) is 12.5 Å². The van der Waals surface area contributed by atoms with Crippen LogP contribution < -0.4 is 10.6 Å². The lowest BCUT2D eigenvalue weighted by molar-refractivity contribution is 0.307. The minimum absolute atomic E-state index is 0.101. The molecule has 1 aliphatic rings. The van der Waals surface area contributed by atoms with Gasteiger partial charge in [-0.05, 0) is 25.7 Å². The molecule has 0 spiro atoms. The summed E-state index contributed by atoms with van der Waals surface area (Å²) in [6.45, 7) is 4.54. The van der Waals surface area contributed by atoms with Gasteiger partial charge in [-0.15, -0.1) is 0 Å². The fourth-order valence-corrected chi connectivity index (χ4v) is 2.07. The van der Waals surface area contributed by atoms with E-state index in [1.54, 1.807) is 0 Å². The van der Waals surface area contributed by atoms with Crippen LogP contribution in [0.2, 0.25) is 0 Å². The van der Waals surface area contributed by atoms with Crippen molar-refractivity contribution in [1.82, 2.24) is 4.98 Å². The Bertz CT molecular complexity index is 403. The molecule has 0 aliphatic heterocycles. The third-order valence-corrected chi connectivity index (χ3v) is 2.99. The van der Waals surface area contributed by atoms with Gasteiger partial charge in [0.2, 0.25) is 0 Å². The second-order valence-electron chi connectivity index (χ2n) is 4.60. The quantitative estimate of drug-likeness (QED) is 0.850. The Hall–Kier alpha value is -1.39. The fourth-order valence-electron chi connectivity index (χ4n) is 2.07. The number of nitrogens with zero attached hydrogens (tertiary/aromatic N) is 1. The molecule has 1 aliphatic carbocycles. The molecule has 1 saturated carbocycles. The first-order valence-corrected chi connectivity index (χ1v) is 5.96. The molecule has 0 unspecified atom stereocenters. The van der Waals surface area contributed by atoms with Gasteiger partial charge in [0, 0.05) is 18.7 Å². The van der Waals surface area contributed by atoms with Crippen molar-refractivity contribution >= 4 is 11.6 Å². The van der Waals surface area contributed by atoms with Crippen molar-refractivity contribution in [2.24, 2.45) is 5.92 Å². The smallest absolute Gasteiger partial charge is 0.168 e. The maximum absolute atomic E-state index is 13.5. The van der Waals surface area contributed by atoms with Crippen LogP contribution in [0, 0.1) is 17.6 Å². The zero-order valence-electron chi connectivity index (χ0n) is 10.1. The minimum atomic E-state index is -0.656. The van der Waals surface area contributed by atoms with E-state index in [2.05, 4.69) is 22.5 Å². The van der Waals surface area contributed by atoms with Crippen molar-refractivity contribution in [2.75, 3.05) is 17.2 Å². The summed E-state index contributed by atoms with van der Waals surface area (Å²) in [4.78, 5) is 3.94. The summed E-state index contributed by atoms with van der Waals surface area (Å²) in [6.07, 6.45) is 2.02. The third kappa shape index (κ3) is 2.65. The molecule has 17 heavy (non-hydrogen) atoms. The summed E-state index contributed by atoms with van der Waals surface area (Å²) < 4.78 is 26.8. The van der Waals surface area contributed by atoms with Gasteiger partial charge in [-0.25, -0.2) is 13.8 Å². The van der Waals surface area contributed by atoms with Gasteiger partial charge < -0.3 is 10.6 Å². The van der Waals surface area contributed by atoms with Gasteiger partial charge in [-0.2, -0.15) is 0 Å². The molecule has 0 amide bonds. The number of halogens is 2. The number of aromatic nitrogens is 1. The lowest BCUT2D eigenvalue weighted by Crippen LogP contribution is -2.34. The second kappa shape index (κ2) is 4.85. The SMILES string of the molecule is CCNc1nc(NC2CC(C)C2)c(F)cc1F. The molecule has 1 aromatic rings. The first-order valence-electron chi connectivity index (χ1n) is 5.96. The maximum atomic E-state index is 13.5. The van der Waals surface area contributed by atoms with Crippen molar-refractivity contribution in [2.45, 2.75) is 32.7 Å². The second-order valence-corrected chi connectivity index (χ2v) is 4.60. The molecule has 0 aromatic carbocycles. The molecule has 1 heterocycles. The Labute approximate surface area is 99.6 Å². The van der Waals surface area contributed by atoms with E-state index in [0.717, 1.165) is 18.9 Å². The molecular formula is C12H17F2N3. The van der Waals surface area contributed by atoms with Crippen LogP contribution in [-0.2, 0) is 0 Å². The van der Waals surface area contributed by atoms with E-state index in [4.69, 9.17) is 0 Å². The summed E-state index contributed by atoms with van der Waals surface area (Å²) in [5.41, 5.74) is 0. The van der Waals surface area contributed by atoms with Crippen molar-refractivity contribution in [3.05, 3.63) is 17.7 Å². The highest BCUT2D eigenvalue weighted by Crippen LogP contribution is 2.30. The van der Waals surface area contributed by atoms with Crippen LogP contribution >= 0.6 is 0 Å². The minimum Gasteiger partial charge on any atom is -0.368 e. The molecule has 0 bridgehead atoms. The Morgan fingerprint density at radius 2 is 1.94 bits per heavy atom. The van der Waals surface area contributed by atoms with Gasteiger partial charge in [-0.3, -0.25) is 0 Å². The summed E-state index contributed by atoms with van der Waals surface area (Å²) in [7, 11) is 0. The zero-order chi connectivity index (χ0) is 12.4. The van der Waals surface area contributed by atoms with E-state index in [9.17, 15) is 8.78 Å². The van der Waals surface area contributed by atoms with E-state index in [1.165, 1.54) is 0 Å². The van der Waals surface area contributed by atoms with Gasteiger partial charge in [0.25, 0.3) is 0 Å². The molecular weight excluding hydrogens is 224 g/mol. The first kappa shape index (κ1) is 12.1. The van der Waals surface area contributed by atoms with Crippen LogP contribution in [0.4, 0.5) is 20.4 Å². The predicted octanol–water partition coefficient (Wildman–Crippen LogP) is 3.00. The molecule has 0 atom stereocenters. The number of pyridine rings is 1. The highest BCUT2D eigenvalue weighted by molar-refractivity contribution is 5.48. The number of hydrogen-bond donors (Lipinski definition) is 2. The molecule has 0 saturated heterocycles. The fraction of sp³-hybridized carbons (Fsp3) is 0.583. The van der Waals surface area contributed by atoms with Crippen LogP contribution in [0.1, 0.15) is 26.7 Å². The Morgan fingerprint density at radius 3 is 2.53 bits per heavy atom. The number of anilines is 2. The largest absolute Gasteiger partial charge is 0.368 e. The molecule has 94 valence electrons. The van der Waals surface area contributed by atoms with Crippen molar-refractivity contribution in [1.29, 1.82) is 0 Å². The number of nitrogens with one attached hydrogen (secondary N) is 2. The summed E-state index contributed by atoms with van der Waals surface area (Å²) in [5, 5.41) is 5.78. The highest BCUT2D eigenvalue weighted by Gasteiger charge is 2.26. The van der Waals surface area contributed by atoms with Gasteiger partial charge in [0.15, 0.2) is 23.3 Å². The van der Waals surface area contributed by atoms with Gasteiger partial charge in [0.05, 0.1) is 0 Å². The van der Waals surface area contributed by atoms with Gasteiger partial charge in [0.1, 0.15) is 0 Å². The van der Waals surface area contributed by atoms with Gasteiger partial charge >= 0.3 is 0 Å². The van der Waals surface area contributed by atoms with E-state index in [1.807, 2.05) is 6.92 Å². The highest BCUT2D eigenvalue weighted by atomic mass is 19.1. The summed E-state index contributed by atoms with van der Waals surface area (Å²) in [6, 6.07) is 1.13. The molecule has 2 rings (SSSR count). The Morgan fingerprint density at radius 1 is 1.29 bits per heavy atom. The predicted molar refractivity (Wildman–Crippen MR) is 64.1 cm³/mol. The summed E-state index contributed by atoms with van der Waals surface area (Å²) in [5.74, 6) is -0.382. The summed E-state index contributed by atoms with van der Waals surface area (Å²) >= 11 is 0. The third-order valence-electron chi connectivity index (χ3n) is 2.99. The topological polar surface area (TPSA) is 37.0 Å². The molecule has 5 heteroatoms. The van der Waals surface area contributed by atoms with Crippen molar-refractivity contribution in [3.8, 4) is 0 Å². The average molecular weight is 241 g/mol. The van der Waals surface area contributed by atoms with Crippen LogP contribution in [0.5, 0.6) is 0 Å². The Balaban J connectivity index is 2.12. The monoisotopic (exact) mass is 241 g/mol. The Kier molecular flexibility index (Phi) is 3.45.